The van der Waals surface area contributed by atoms with Crippen LogP contribution >= 0.6 is 0 Å². The van der Waals surface area contributed by atoms with Crippen LogP contribution in [0.1, 0.15) is 21.7 Å². The zero-order chi connectivity index (χ0) is 14.7. The van der Waals surface area contributed by atoms with Crippen LogP contribution in [-0.2, 0) is 0 Å². The standard InChI is InChI=1S/C15H13N5O/c1-11-14(20-9-3-2-4-13(20)18-11)15(21)19-17-10-12-5-7-16-8-6-12/h2-10H,1H3,(H,19,21)/b17-10-. The Hall–Kier alpha value is -3.02. The van der Waals surface area contributed by atoms with Gasteiger partial charge in [-0.1, -0.05) is 6.07 Å². The fourth-order valence-corrected chi connectivity index (χ4v) is 2.05. The Kier molecular flexibility index (Phi) is 3.42. The largest absolute Gasteiger partial charge is 0.295 e. The molecule has 0 radical (unpaired) electrons. The van der Waals surface area contributed by atoms with Crippen molar-refractivity contribution >= 4 is 17.8 Å². The van der Waals surface area contributed by atoms with Gasteiger partial charge in [-0.15, -0.1) is 0 Å². The van der Waals surface area contributed by atoms with Crippen LogP contribution in [0, 0.1) is 6.92 Å². The summed E-state index contributed by atoms with van der Waals surface area (Å²) in [4.78, 5) is 20.5. The molecule has 1 amide bonds. The van der Waals surface area contributed by atoms with Crippen LogP contribution in [0.15, 0.2) is 54.0 Å². The number of pyridine rings is 2. The molecule has 3 rings (SSSR count). The molecule has 0 aromatic carbocycles. The fraction of sp³-hybridized carbons (Fsp3) is 0.0667. The third-order valence-corrected chi connectivity index (χ3v) is 3.01. The smallest absolute Gasteiger partial charge is 0.290 e. The summed E-state index contributed by atoms with van der Waals surface area (Å²) in [6, 6.07) is 9.18. The number of hydrogen-bond donors (Lipinski definition) is 1. The molecular formula is C15H13N5O. The number of hydrogen-bond acceptors (Lipinski definition) is 4. The summed E-state index contributed by atoms with van der Waals surface area (Å²) in [5, 5.41) is 3.95. The summed E-state index contributed by atoms with van der Waals surface area (Å²) in [5.74, 6) is -0.295. The lowest BCUT2D eigenvalue weighted by Crippen LogP contribution is -2.20. The maximum absolute atomic E-state index is 12.2. The first-order valence-electron chi connectivity index (χ1n) is 6.43. The minimum Gasteiger partial charge on any atom is -0.295 e. The molecule has 104 valence electrons. The van der Waals surface area contributed by atoms with Crippen LogP contribution in [0.4, 0.5) is 0 Å². The maximum atomic E-state index is 12.2. The molecule has 6 heteroatoms. The average Bonchev–Trinajstić information content (AvgIpc) is 2.84. The van der Waals surface area contributed by atoms with Crippen molar-refractivity contribution < 1.29 is 4.79 Å². The average molecular weight is 279 g/mol. The summed E-state index contributed by atoms with van der Waals surface area (Å²) < 4.78 is 1.74. The molecule has 0 aliphatic heterocycles. The van der Waals surface area contributed by atoms with Crippen LogP contribution in [-0.4, -0.2) is 26.5 Å². The summed E-state index contributed by atoms with van der Waals surface area (Å²) in [5.41, 5.74) is 5.26. The van der Waals surface area contributed by atoms with E-state index < -0.39 is 0 Å². The Morgan fingerprint density at radius 3 is 2.90 bits per heavy atom. The highest BCUT2D eigenvalue weighted by Gasteiger charge is 2.15. The van der Waals surface area contributed by atoms with Crippen LogP contribution in [0.25, 0.3) is 5.65 Å². The molecule has 0 spiro atoms. The lowest BCUT2D eigenvalue weighted by molar-refractivity contribution is 0.0948. The Morgan fingerprint density at radius 1 is 1.29 bits per heavy atom. The number of amides is 1. The molecule has 21 heavy (non-hydrogen) atoms. The molecule has 0 saturated carbocycles. The molecule has 0 aliphatic rings. The molecule has 3 aromatic rings. The van der Waals surface area contributed by atoms with Gasteiger partial charge < -0.3 is 0 Å². The van der Waals surface area contributed by atoms with Gasteiger partial charge in [-0.05, 0) is 36.8 Å². The van der Waals surface area contributed by atoms with Crippen LogP contribution in [0.2, 0.25) is 0 Å². The monoisotopic (exact) mass is 279 g/mol. The van der Waals surface area contributed by atoms with Crippen molar-refractivity contribution in [3.05, 3.63) is 65.9 Å². The second-order valence-electron chi connectivity index (χ2n) is 4.45. The van der Waals surface area contributed by atoms with E-state index in [4.69, 9.17) is 0 Å². The molecule has 3 aromatic heterocycles. The van der Waals surface area contributed by atoms with Crippen molar-refractivity contribution in [1.29, 1.82) is 0 Å². The van der Waals surface area contributed by atoms with Crippen molar-refractivity contribution in [1.82, 2.24) is 19.8 Å². The first-order valence-corrected chi connectivity index (χ1v) is 6.43. The zero-order valence-corrected chi connectivity index (χ0v) is 11.4. The molecule has 1 N–H and O–H groups in total. The van der Waals surface area contributed by atoms with Crippen molar-refractivity contribution in [2.45, 2.75) is 6.92 Å². The molecule has 0 bridgehead atoms. The molecule has 0 fully saturated rings. The normalized spacial score (nSPS) is 11.1. The van der Waals surface area contributed by atoms with E-state index >= 15 is 0 Å². The van der Waals surface area contributed by atoms with Gasteiger partial charge >= 0.3 is 0 Å². The minimum absolute atomic E-state index is 0.295. The predicted molar refractivity (Wildman–Crippen MR) is 79.2 cm³/mol. The summed E-state index contributed by atoms with van der Waals surface area (Å²) in [6.45, 7) is 1.80. The topological polar surface area (TPSA) is 71.7 Å². The number of rotatable bonds is 3. The molecule has 3 heterocycles. The van der Waals surface area contributed by atoms with E-state index in [1.54, 1.807) is 48.3 Å². The van der Waals surface area contributed by atoms with Gasteiger partial charge in [0, 0.05) is 18.6 Å². The molecule has 0 saturated heterocycles. The number of aromatic nitrogens is 3. The van der Waals surface area contributed by atoms with E-state index in [-0.39, 0.29) is 5.91 Å². The third kappa shape index (κ3) is 2.64. The van der Waals surface area contributed by atoms with Gasteiger partial charge in [0.1, 0.15) is 11.3 Å². The Labute approximate surface area is 121 Å². The van der Waals surface area contributed by atoms with Gasteiger partial charge in [0.05, 0.1) is 11.9 Å². The number of imidazole rings is 1. The van der Waals surface area contributed by atoms with E-state index in [0.29, 0.717) is 11.4 Å². The molecule has 0 unspecified atom stereocenters. The number of carbonyl (C=O) groups excluding carboxylic acids is 1. The number of hydrazone groups is 1. The lowest BCUT2D eigenvalue weighted by Gasteiger charge is -2.01. The van der Waals surface area contributed by atoms with E-state index in [0.717, 1.165) is 11.2 Å². The summed E-state index contributed by atoms with van der Waals surface area (Å²) in [7, 11) is 0. The number of fused-ring (bicyclic) bond motifs is 1. The van der Waals surface area contributed by atoms with Crippen molar-refractivity contribution in [3.8, 4) is 0 Å². The van der Waals surface area contributed by atoms with Gasteiger partial charge in [-0.25, -0.2) is 10.4 Å². The van der Waals surface area contributed by atoms with Gasteiger partial charge in [0.25, 0.3) is 5.91 Å². The van der Waals surface area contributed by atoms with Crippen molar-refractivity contribution in [3.63, 3.8) is 0 Å². The second kappa shape index (κ2) is 5.54. The third-order valence-electron chi connectivity index (χ3n) is 3.01. The Morgan fingerprint density at radius 2 is 2.10 bits per heavy atom. The van der Waals surface area contributed by atoms with Gasteiger partial charge in [0.15, 0.2) is 0 Å². The molecule has 0 aliphatic carbocycles. The SMILES string of the molecule is Cc1nc2ccccn2c1C(=O)N/N=C\c1ccncc1. The molecular weight excluding hydrogens is 266 g/mol. The van der Waals surface area contributed by atoms with Crippen molar-refractivity contribution in [2.24, 2.45) is 5.10 Å². The fourth-order valence-electron chi connectivity index (χ4n) is 2.05. The molecule has 6 nitrogen and oxygen atoms in total. The minimum atomic E-state index is -0.295. The molecule has 0 atom stereocenters. The van der Waals surface area contributed by atoms with Crippen LogP contribution < -0.4 is 5.43 Å². The highest BCUT2D eigenvalue weighted by molar-refractivity contribution is 5.95. The maximum Gasteiger partial charge on any atom is 0.290 e. The van der Waals surface area contributed by atoms with E-state index in [2.05, 4.69) is 20.5 Å². The lowest BCUT2D eigenvalue weighted by atomic mass is 10.3. The van der Waals surface area contributed by atoms with Gasteiger partial charge in [-0.2, -0.15) is 5.10 Å². The quantitative estimate of drug-likeness (QED) is 0.587. The van der Waals surface area contributed by atoms with E-state index in [1.807, 2.05) is 18.2 Å². The van der Waals surface area contributed by atoms with Crippen LogP contribution in [0.3, 0.4) is 0 Å². The number of aryl methyl sites for hydroxylation is 1. The number of nitrogens with one attached hydrogen (secondary N) is 1. The van der Waals surface area contributed by atoms with Gasteiger partial charge in [0.2, 0.25) is 0 Å². The van der Waals surface area contributed by atoms with E-state index in [9.17, 15) is 4.79 Å². The first kappa shape index (κ1) is 13.0. The van der Waals surface area contributed by atoms with Gasteiger partial charge in [-0.3, -0.25) is 14.2 Å². The van der Waals surface area contributed by atoms with Crippen LogP contribution in [0.5, 0.6) is 0 Å². The summed E-state index contributed by atoms with van der Waals surface area (Å²) in [6.07, 6.45) is 6.70. The highest BCUT2D eigenvalue weighted by atomic mass is 16.2. The van der Waals surface area contributed by atoms with E-state index in [1.165, 1.54) is 0 Å². The first-order chi connectivity index (χ1) is 10.3. The van der Waals surface area contributed by atoms with Crippen molar-refractivity contribution in [2.75, 3.05) is 0 Å². The zero-order valence-electron chi connectivity index (χ0n) is 11.4. The number of carbonyl (C=O) groups is 1. The number of nitrogens with zero attached hydrogens (tertiary/aromatic N) is 4. The highest BCUT2D eigenvalue weighted by Crippen LogP contribution is 2.11. The Balaban J connectivity index is 1.82. The summed E-state index contributed by atoms with van der Waals surface area (Å²) >= 11 is 0. The second-order valence-corrected chi connectivity index (χ2v) is 4.45. The Bertz CT molecular complexity index is 807. The predicted octanol–water partition coefficient (Wildman–Crippen LogP) is 1.80.